The van der Waals surface area contributed by atoms with Gasteiger partial charge in [-0.1, -0.05) is 32.1 Å². The quantitative estimate of drug-likeness (QED) is 0.862. The van der Waals surface area contributed by atoms with Crippen molar-refractivity contribution in [3.63, 3.8) is 0 Å². The fourth-order valence-corrected chi connectivity index (χ4v) is 3.42. The Labute approximate surface area is 113 Å². The minimum Gasteiger partial charge on any atom is -0.371 e. The number of hydrogen-bond donors (Lipinski definition) is 1. The van der Waals surface area contributed by atoms with Crippen molar-refractivity contribution in [2.24, 2.45) is 5.92 Å². The molecule has 3 unspecified atom stereocenters. The number of nitrogens with zero attached hydrogens (tertiary/aromatic N) is 2. The molecule has 5 heteroatoms. The van der Waals surface area contributed by atoms with Gasteiger partial charge in [-0.2, -0.15) is 0 Å². The number of aromatic nitrogens is 2. The van der Waals surface area contributed by atoms with Gasteiger partial charge in [0.1, 0.15) is 16.1 Å². The van der Waals surface area contributed by atoms with E-state index in [-0.39, 0.29) is 6.10 Å². The average molecular weight is 269 g/mol. The molecular weight excluding hydrogens is 246 g/mol. The van der Waals surface area contributed by atoms with E-state index in [0.29, 0.717) is 12.0 Å². The van der Waals surface area contributed by atoms with E-state index in [4.69, 9.17) is 4.74 Å². The van der Waals surface area contributed by atoms with Crippen molar-refractivity contribution in [2.75, 3.05) is 13.2 Å². The Morgan fingerprint density at radius 3 is 2.89 bits per heavy atom. The van der Waals surface area contributed by atoms with Gasteiger partial charge >= 0.3 is 0 Å². The maximum Gasteiger partial charge on any atom is 0.146 e. The maximum absolute atomic E-state index is 5.75. The minimum absolute atomic E-state index is 0.167. The van der Waals surface area contributed by atoms with Gasteiger partial charge in [0.15, 0.2) is 0 Å². The number of hydrogen-bond acceptors (Lipinski definition) is 5. The minimum atomic E-state index is 0.167. The van der Waals surface area contributed by atoms with Crippen LogP contribution >= 0.6 is 11.3 Å². The first-order chi connectivity index (χ1) is 8.76. The van der Waals surface area contributed by atoms with Crippen molar-refractivity contribution in [3.8, 4) is 0 Å². The fraction of sp³-hybridized carbons (Fsp3) is 0.846. The summed E-state index contributed by atoms with van der Waals surface area (Å²) in [6, 6.07) is 0.341. The van der Waals surface area contributed by atoms with Crippen LogP contribution in [0.2, 0.25) is 0 Å². The zero-order chi connectivity index (χ0) is 13.0. The highest BCUT2D eigenvalue weighted by Crippen LogP contribution is 2.36. The molecule has 18 heavy (non-hydrogen) atoms. The molecule has 1 aromatic rings. The number of rotatable bonds is 6. The first-order valence-electron chi connectivity index (χ1n) is 6.94. The van der Waals surface area contributed by atoms with E-state index in [9.17, 15) is 0 Å². The molecule has 0 aliphatic carbocycles. The van der Waals surface area contributed by atoms with Gasteiger partial charge in [0.25, 0.3) is 0 Å². The van der Waals surface area contributed by atoms with E-state index in [1.54, 1.807) is 11.3 Å². The van der Waals surface area contributed by atoms with E-state index in [1.165, 1.54) is 0 Å². The second kappa shape index (κ2) is 6.59. The Hall–Kier alpha value is -0.520. The Bertz CT molecular complexity index is 369. The van der Waals surface area contributed by atoms with Crippen LogP contribution in [-0.2, 0) is 4.74 Å². The maximum atomic E-state index is 5.75. The summed E-state index contributed by atoms with van der Waals surface area (Å²) in [5.41, 5.74) is 0. The van der Waals surface area contributed by atoms with Crippen molar-refractivity contribution in [1.29, 1.82) is 0 Å². The summed E-state index contributed by atoms with van der Waals surface area (Å²) < 4.78 is 5.75. The largest absolute Gasteiger partial charge is 0.371 e. The lowest BCUT2D eigenvalue weighted by Gasteiger charge is -2.13. The van der Waals surface area contributed by atoms with Crippen LogP contribution in [0.3, 0.4) is 0 Å². The Morgan fingerprint density at radius 2 is 2.28 bits per heavy atom. The van der Waals surface area contributed by atoms with Crippen LogP contribution in [-0.4, -0.2) is 23.3 Å². The highest BCUT2D eigenvalue weighted by molar-refractivity contribution is 7.11. The molecular formula is C13H23N3OS. The molecule has 1 aliphatic rings. The first kappa shape index (κ1) is 13.9. The number of nitrogens with one attached hydrogen (secondary N) is 1. The molecule has 0 spiro atoms. The lowest BCUT2D eigenvalue weighted by molar-refractivity contribution is 0.0937. The predicted molar refractivity (Wildman–Crippen MR) is 73.7 cm³/mol. The Balaban J connectivity index is 2.04. The molecule has 1 N–H and O–H groups in total. The van der Waals surface area contributed by atoms with Gasteiger partial charge in [-0.3, -0.25) is 0 Å². The van der Waals surface area contributed by atoms with Crippen molar-refractivity contribution >= 4 is 11.3 Å². The summed E-state index contributed by atoms with van der Waals surface area (Å²) >= 11 is 1.71. The second-order valence-corrected chi connectivity index (χ2v) is 5.99. The monoisotopic (exact) mass is 269 g/mol. The molecule has 0 bridgehead atoms. The van der Waals surface area contributed by atoms with Gasteiger partial charge in [0.2, 0.25) is 0 Å². The Morgan fingerprint density at radius 1 is 1.44 bits per heavy atom. The summed E-state index contributed by atoms with van der Waals surface area (Å²) in [7, 11) is 0. The molecule has 0 amide bonds. The van der Waals surface area contributed by atoms with Gasteiger partial charge in [-0.25, -0.2) is 0 Å². The van der Waals surface area contributed by atoms with Crippen molar-refractivity contribution in [2.45, 2.75) is 52.2 Å². The Kier molecular flexibility index (Phi) is 5.09. The normalized spacial score (nSPS) is 25.5. The third-order valence-corrected chi connectivity index (χ3v) is 4.53. The molecule has 102 valence electrons. The number of ether oxygens (including phenoxy) is 1. The van der Waals surface area contributed by atoms with E-state index in [2.05, 4.69) is 36.3 Å². The van der Waals surface area contributed by atoms with Crippen LogP contribution in [0, 0.1) is 5.92 Å². The predicted octanol–water partition coefficient (Wildman–Crippen LogP) is 3.09. The fourth-order valence-electron chi connectivity index (χ4n) is 2.24. The lowest BCUT2D eigenvalue weighted by Crippen LogP contribution is -2.21. The van der Waals surface area contributed by atoms with E-state index in [0.717, 1.165) is 42.4 Å². The SMILES string of the molecule is CCCNC(CC)c1nnc(C2OCCC2C)s1. The van der Waals surface area contributed by atoms with Gasteiger partial charge in [0.05, 0.1) is 6.04 Å². The van der Waals surface area contributed by atoms with Crippen LogP contribution < -0.4 is 5.32 Å². The summed E-state index contributed by atoms with van der Waals surface area (Å²) in [6.45, 7) is 8.48. The van der Waals surface area contributed by atoms with Gasteiger partial charge < -0.3 is 10.1 Å². The smallest absolute Gasteiger partial charge is 0.146 e. The molecule has 1 fully saturated rings. The molecule has 2 heterocycles. The molecule has 1 aliphatic heterocycles. The molecule has 4 nitrogen and oxygen atoms in total. The van der Waals surface area contributed by atoms with E-state index in [1.807, 2.05) is 0 Å². The summed E-state index contributed by atoms with van der Waals surface area (Å²) in [4.78, 5) is 0. The van der Waals surface area contributed by atoms with E-state index >= 15 is 0 Å². The van der Waals surface area contributed by atoms with Crippen molar-refractivity contribution < 1.29 is 4.74 Å². The summed E-state index contributed by atoms with van der Waals surface area (Å²) in [5, 5.41) is 14.3. The molecule has 0 radical (unpaired) electrons. The highest BCUT2D eigenvalue weighted by atomic mass is 32.1. The van der Waals surface area contributed by atoms with Crippen molar-refractivity contribution in [3.05, 3.63) is 10.0 Å². The first-order valence-corrected chi connectivity index (χ1v) is 7.76. The zero-order valence-electron chi connectivity index (χ0n) is 11.5. The van der Waals surface area contributed by atoms with E-state index < -0.39 is 0 Å². The molecule has 3 atom stereocenters. The van der Waals surface area contributed by atoms with Gasteiger partial charge in [0, 0.05) is 6.61 Å². The standard InChI is InChI=1S/C13H23N3OS/c1-4-7-14-10(5-2)12-15-16-13(18-12)11-9(3)6-8-17-11/h9-11,14H,4-8H2,1-3H3. The topological polar surface area (TPSA) is 47.0 Å². The summed E-state index contributed by atoms with van der Waals surface area (Å²) in [6.07, 6.45) is 3.49. The second-order valence-electron chi connectivity index (χ2n) is 4.95. The van der Waals surface area contributed by atoms with Crippen LogP contribution in [0.25, 0.3) is 0 Å². The lowest BCUT2D eigenvalue weighted by atomic mass is 10.1. The van der Waals surface area contributed by atoms with Crippen LogP contribution in [0.1, 0.15) is 62.2 Å². The highest BCUT2D eigenvalue weighted by Gasteiger charge is 2.29. The molecule has 2 rings (SSSR count). The van der Waals surface area contributed by atoms with Gasteiger partial charge in [-0.15, -0.1) is 10.2 Å². The molecule has 1 aromatic heterocycles. The van der Waals surface area contributed by atoms with Gasteiger partial charge in [-0.05, 0) is 31.7 Å². The van der Waals surface area contributed by atoms with Crippen LogP contribution in [0.4, 0.5) is 0 Å². The molecule has 0 aromatic carbocycles. The third kappa shape index (κ3) is 3.08. The van der Waals surface area contributed by atoms with Crippen LogP contribution in [0.5, 0.6) is 0 Å². The summed E-state index contributed by atoms with van der Waals surface area (Å²) in [5.74, 6) is 0.564. The molecule has 1 saturated heterocycles. The third-order valence-electron chi connectivity index (χ3n) is 3.43. The zero-order valence-corrected chi connectivity index (χ0v) is 12.3. The average Bonchev–Trinajstić information content (AvgIpc) is 2.99. The molecule has 0 saturated carbocycles. The van der Waals surface area contributed by atoms with Crippen LogP contribution in [0.15, 0.2) is 0 Å². The van der Waals surface area contributed by atoms with Crippen molar-refractivity contribution in [1.82, 2.24) is 15.5 Å².